The van der Waals surface area contributed by atoms with Gasteiger partial charge in [-0.15, -0.1) is 0 Å². The first-order chi connectivity index (χ1) is 12.9. The minimum Gasteiger partial charge on any atom is -0.440 e. The largest absolute Gasteiger partial charge is 0.440 e. The highest BCUT2D eigenvalue weighted by molar-refractivity contribution is 6.04. The lowest BCUT2D eigenvalue weighted by atomic mass is 9.89. The fourth-order valence-corrected chi connectivity index (χ4v) is 3.58. The SMILES string of the molecule is CCCc1nc2c(N)nc3cc(CCCCCCC(C)(C)C)ccc3c2o1. The van der Waals surface area contributed by atoms with E-state index in [1.807, 2.05) is 0 Å². The van der Waals surface area contributed by atoms with E-state index in [1.54, 1.807) is 0 Å². The smallest absolute Gasteiger partial charge is 0.195 e. The number of aromatic nitrogens is 2. The maximum absolute atomic E-state index is 6.14. The zero-order valence-corrected chi connectivity index (χ0v) is 17.3. The third-order valence-corrected chi connectivity index (χ3v) is 5.07. The topological polar surface area (TPSA) is 64.9 Å². The maximum atomic E-state index is 6.14. The van der Waals surface area contributed by atoms with Gasteiger partial charge in [0.05, 0.1) is 5.52 Å². The lowest BCUT2D eigenvalue weighted by Gasteiger charge is -2.17. The molecule has 0 amide bonds. The van der Waals surface area contributed by atoms with Crippen LogP contribution in [-0.4, -0.2) is 9.97 Å². The molecular formula is C23H33N3O. The monoisotopic (exact) mass is 367 g/mol. The molecule has 0 fully saturated rings. The Balaban J connectivity index is 1.67. The van der Waals surface area contributed by atoms with Crippen LogP contribution in [-0.2, 0) is 12.8 Å². The molecule has 27 heavy (non-hydrogen) atoms. The van der Waals surface area contributed by atoms with Crippen molar-refractivity contribution in [3.05, 3.63) is 29.7 Å². The number of nitrogen functional groups attached to an aromatic ring is 1. The van der Waals surface area contributed by atoms with Gasteiger partial charge in [-0.3, -0.25) is 0 Å². The molecule has 3 aromatic rings. The van der Waals surface area contributed by atoms with Crippen molar-refractivity contribution in [3.8, 4) is 0 Å². The van der Waals surface area contributed by atoms with Gasteiger partial charge in [0.1, 0.15) is 0 Å². The molecule has 3 rings (SSSR count). The normalized spacial score (nSPS) is 12.3. The summed E-state index contributed by atoms with van der Waals surface area (Å²) in [6.45, 7) is 9.07. The summed E-state index contributed by atoms with van der Waals surface area (Å²) in [7, 11) is 0. The molecule has 0 aliphatic heterocycles. The van der Waals surface area contributed by atoms with Crippen LogP contribution in [0.2, 0.25) is 0 Å². The standard InChI is InChI=1S/C23H33N3O/c1-5-10-19-26-20-21(27-19)17-13-12-16(15-18(17)25-22(20)24)11-8-6-7-9-14-23(2,3)4/h12-13,15H,5-11,14H2,1-4H3,(H2,24,25). The predicted octanol–water partition coefficient (Wildman–Crippen LogP) is 6.45. The van der Waals surface area contributed by atoms with Crippen LogP contribution in [0.5, 0.6) is 0 Å². The van der Waals surface area contributed by atoms with E-state index in [0.29, 0.717) is 16.7 Å². The molecule has 0 aliphatic rings. The van der Waals surface area contributed by atoms with Gasteiger partial charge >= 0.3 is 0 Å². The van der Waals surface area contributed by atoms with Gasteiger partial charge in [0.15, 0.2) is 22.8 Å². The number of anilines is 1. The van der Waals surface area contributed by atoms with E-state index < -0.39 is 0 Å². The molecule has 2 N–H and O–H groups in total. The van der Waals surface area contributed by atoms with Gasteiger partial charge in [0.25, 0.3) is 0 Å². The Hall–Kier alpha value is -2.10. The molecule has 0 spiro atoms. The van der Waals surface area contributed by atoms with E-state index in [4.69, 9.17) is 10.2 Å². The van der Waals surface area contributed by atoms with Gasteiger partial charge < -0.3 is 10.2 Å². The zero-order valence-electron chi connectivity index (χ0n) is 17.3. The number of nitrogens with two attached hydrogens (primary N) is 1. The summed E-state index contributed by atoms with van der Waals surface area (Å²) in [4.78, 5) is 9.09. The minimum atomic E-state index is 0.451. The van der Waals surface area contributed by atoms with Crippen molar-refractivity contribution in [2.75, 3.05) is 5.73 Å². The van der Waals surface area contributed by atoms with Crippen LogP contribution in [0.15, 0.2) is 22.6 Å². The van der Waals surface area contributed by atoms with Crippen LogP contribution < -0.4 is 5.73 Å². The predicted molar refractivity (Wildman–Crippen MR) is 114 cm³/mol. The van der Waals surface area contributed by atoms with E-state index in [0.717, 1.165) is 41.6 Å². The number of nitrogens with zero attached hydrogens (tertiary/aromatic N) is 2. The third-order valence-electron chi connectivity index (χ3n) is 5.07. The molecule has 0 saturated heterocycles. The van der Waals surface area contributed by atoms with Gasteiger partial charge in [0, 0.05) is 11.8 Å². The fraction of sp³-hybridized carbons (Fsp3) is 0.565. The first-order valence-electron chi connectivity index (χ1n) is 10.3. The van der Waals surface area contributed by atoms with Gasteiger partial charge in [-0.05, 0) is 48.8 Å². The Bertz CT molecular complexity index is 905. The summed E-state index contributed by atoms with van der Waals surface area (Å²) >= 11 is 0. The number of oxazole rings is 1. The lowest BCUT2D eigenvalue weighted by Crippen LogP contribution is -2.03. The summed E-state index contributed by atoms with van der Waals surface area (Å²) in [5.41, 5.74) is 10.3. The second-order valence-electron chi connectivity index (χ2n) is 8.86. The summed E-state index contributed by atoms with van der Waals surface area (Å²) in [6, 6.07) is 6.46. The molecule has 0 aliphatic carbocycles. The van der Waals surface area contributed by atoms with Crippen LogP contribution >= 0.6 is 0 Å². The highest BCUT2D eigenvalue weighted by Gasteiger charge is 2.14. The van der Waals surface area contributed by atoms with Crippen LogP contribution in [0.25, 0.3) is 22.0 Å². The molecule has 4 heteroatoms. The highest BCUT2D eigenvalue weighted by atomic mass is 16.3. The number of fused-ring (bicyclic) bond motifs is 3. The lowest BCUT2D eigenvalue weighted by molar-refractivity contribution is 0.357. The number of hydrogen-bond donors (Lipinski definition) is 1. The summed E-state index contributed by atoms with van der Waals surface area (Å²) in [5.74, 6) is 1.20. The van der Waals surface area contributed by atoms with E-state index in [1.165, 1.54) is 37.7 Å². The van der Waals surface area contributed by atoms with Gasteiger partial charge in [-0.1, -0.05) is 53.0 Å². The van der Waals surface area contributed by atoms with Crippen molar-refractivity contribution >= 4 is 27.8 Å². The van der Waals surface area contributed by atoms with Crippen molar-refractivity contribution in [3.63, 3.8) is 0 Å². The molecule has 0 radical (unpaired) electrons. The van der Waals surface area contributed by atoms with Crippen LogP contribution in [0.4, 0.5) is 5.82 Å². The fourth-order valence-electron chi connectivity index (χ4n) is 3.58. The molecule has 146 valence electrons. The van der Waals surface area contributed by atoms with Crippen LogP contribution in [0, 0.1) is 5.41 Å². The molecule has 1 aromatic carbocycles. The first kappa shape index (κ1) is 19.7. The maximum Gasteiger partial charge on any atom is 0.195 e. The first-order valence-corrected chi connectivity index (χ1v) is 10.3. The average Bonchev–Trinajstić information content (AvgIpc) is 3.02. The van der Waals surface area contributed by atoms with Crippen LogP contribution in [0.3, 0.4) is 0 Å². The number of aryl methyl sites for hydroxylation is 2. The van der Waals surface area contributed by atoms with Crippen LogP contribution in [0.1, 0.15) is 77.7 Å². The Morgan fingerprint density at radius 3 is 2.52 bits per heavy atom. The van der Waals surface area contributed by atoms with Crippen molar-refractivity contribution in [2.45, 2.75) is 79.1 Å². The second kappa shape index (κ2) is 8.28. The number of pyridine rings is 1. The quantitative estimate of drug-likeness (QED) is 0.465. The number of hydrogen-bond acceptors (Lipinski definition) is 4. The van der Waals surface area contributed by atoms with E-state index in [9.17, 15) is 0 Å². The Morgan fingerprint density at radius 1 is 1.00 bits per heavy atom. The molecule has 0 unspecified atom stereocenters. The summed E-state index contributed by atoms with van der Waals surface area (Å²) < 4.78 is 5.96. The second-order valence-corrected chi connectivity index (χ2v) is 8.86. The van der Waals surface area contributed by atoms with Crippen molar-refractivity contribution in [2.24, 2.45) is 5.41 Å². The molecule has 4 nitrogen and oxygen atoms in total. The molecule has 2 aromatic heterocycles. The number of benzene rings is 1. The Morgan fingerprint density at radius 2 is 1.78 bits per heavy atom. The van der Waals surface area contributed by atoms with Gasteiger partial charge in [-0.2, -0.15) is 0 Å². The van der Waals surface area contributed by atoms with E-state index in [-0.39, 0.29) is 0 Å². The summed E-state index contributed by atoms with van der Waals surface area (Å²) in [5, 5.41) is 1.00. The van der Waals surface area contributed by atoms with E-state index in [2.05, 4.69) is 55.9 Å². The molecule has 0 bridgehead atoms. The average molecular weight is 368 g/mol. The Labute approximate surface area is 162 Å². The molecule has 0 saturated carbocycles. The highest BCUT2D eigenvalue weighted by Crippen LogP contribution is 2.30. The van der Waals surface area contributed by atoms with Crippen molar-refractivity contribution < 1.29 is 4.42 Å². The summed E-state index contributed by atoms with van der Waals surface area (Å²) in [6.07, 6.45) is 9.35. The third kappa shape index (κ3) is 5.00. The number of unbranched alkanes of at least 4 members (excludes halogenated alkanes) is 3. The van der Waals surface area contributed by atoms with Gasteiger partial charge in [0.2, 0.25) is 0 Å². The molecular weight excluding hydrogens is 334 g/mol. The molecule has 0 atom stereocenters. The van der Waals surface area contributed by atoms with Crippen molar-refractivity contribution in [1.82, 2.24) is 9.97 Å². The zero-order chi connectivity index (χ0) is 19.4. The molecule has 2 heterocycles. The minimum absolute atomic E-state index is 0.451. The van der Waals surface area contributed by atoms with E-state index >= 15 is 0 Å². The number of rotatable bonds is 8. The Kier molecular flexibility index (Phi) is 6.03. The van der Waals surface area contributed by atoms with Crippen molar-refractivity contribution in [1.29, 1.82) is 0 Å². The van der Waals surface area contributed by atoms with Gasteiger partial charge in [-0.25, -0.2) is 9.97 Å².